The maximum Gasteiger partial charge on any atom is 0.321 e. The standard InChI is InChI=1S/C14H18N4O3/c1-4-17(9-10(2)8-15)14(19)16-12-5-6-13(18(20)21)11(3)7-12/h5-7,10H,4,9H2,1-3H3,(H,16,19)/t10-/m1/s1. The van der Waals surface area contributed by atoms with Crippen molar-refractivity contribution in [1.82, 2.24) is 4.90 Å². The highest BCUT2D eigenvalue weighted by atomic mass is 16.6. The van der Waals surface area contributed by atoms with Crippen molar-refractivity contribution in [3.63, 3.8) is 0 Å². The molecule has 0 heterocycles. The summed E-state index contributed by atoms with van der Waals surface area (Å²) in [6, 6.07) is 6.16. The average molecular weight is 290 g/mol. The maximum absolute atomic E-state index is 12.1. The summed E-state index contributed by atoms with van der Waals surface area (Å²) >= 11 is 0. The van der Waals surface area contributed by atoms with E-state index >= 15 is 0 Å². The van der Waals surface area contributed by atoms with Gasteiger partial charge in [-0.3, -0.25) is 10.1 Å². The number of amides is 2. The van der Waals surface area contributed by atoms with Crippen molar-refractivity contribution in [2.45, 2.75) is 20.8 Å². The molecule has 1 aromatic carbocycles. The minimum Gasteiger partial charge on any atom is -0.324 e. The Morgan fingerprint density at radius 2 is 2.24 bits per heavy atom. The van der Waals surface area contributed by atoms with Crippen LogP contribution in [0, 0.1) is 34.3 Å². The number of nitro groups is 1. The van der Waals surface area contributed by atoms with Crippen LogP contribution in [0.15, 0.2) is 18.2 Å². The van der Waals surface area contributed by atoms with Crippen LogP contribution in [-0.4, -0.2) is 28.9 Å². The van der Waals surface area contributed by atoms with Gasteiger partial charge in [-0.25, -0.2) is 4.79 Å². The summed E-state index contributed by atoms with van der Waals surface area (Å²) in [7, 11) is 0. The predicted octanol–water partition coefficient (Wildman–Crippen LogP) is 2.92. The van der Waals surface area contributed by atoms with Crippen molar-refractivity contribution in [2.24, 2.45) is 5.92 Å². The van der Waals surface area contributed by atoms with E-state index in [1.165, 1.54) is 17.0 Å². The smallest absolute Gasteiger partial charge is 0.321 e. The number of urea groups is 1. The molecule has 0 aliphatic carbocycles. The zero-order valence-electron chi connectivity index (χ0n) is 12.3. The SMILES string of the molecule is CCN(C[C@H](C)C#N)C(=O)Nc1ccc([N+](=O)[O-])c(C)c1. The molecule has 0 saturated heterocycles. The van der Waals surface area contributed by atoms with E-state index in [9.17, 15) is 14.9 Å². The van der Waals surface area contributed by atoms with Gasteiger partial charge < -0.3 is 10.2 Å². The quantitative estimate of drug-likeness (QED) is 0.665. The number of nitriles is 1. The van der Waals surface area contributed by atoms with Gasteiger partial charge in [0, 0.05) is 30.4 Å². The van der Waals surface area contributed by atoms with Crippen LogP contribution < -0.4 is 5.32 Å². The van der Waals surface area contributed by atoms with Crippen LogP contribution >= 0.6 is 0 Å². The third-order valence-corrected chi connectivity index (χ3v) is 3.03. The van der Waals surface area contributed by atoms with Gasteiger partial charge in [-0.1, -0.05) is 0 Å². The van der Waals surface area contributed by atoms with Crippen LogP contribution in [0.5, 0.6) is 0 Å². The van der Waals surface area contributed by atoms with Crippen molar-refractivity contribution in [3.8, 4) is 6.07 Å². The Morgan fingerprint density at radius 3 is 2.71 bits per heavy atom. The summed E-state index contributed by atoms with van der Waals surface area (Å²) in [5.41, 5.74) is 0.982. The molecular formula is C14H18N4O3. The monoisotopic (exact) mass is 290 g/mol. The van der Waals surface area contributed by atoms with E-state index in [-0.39, 0.29) is 17.6 Å². The van der Waals surface area contributed by atoms with Gasteiger partial charge >= 0.3 is 6.03 Å². The number of hydrogen-bond acceptors (Lipinski definition) is 4. The summed E-state index contributed by atoms with van der Waals surface area (Å²) in [4.78, 5) is 23.9. The minimum atomic E-state index is -0.464. The molecule has 1 atom stereocenters. The van der Waals surface area contributed by atoms with E-state index in [4.69, 9.17) is 5.26 Å². The molecule has 0 aliphatic rings. The molecule has 7 heteroatoms. The lowest BCUT2D eigenvalue weighted by Gasteiger charge is -2.22. The van der Waals surface area contributed by atoms with Gasteiger partial charge in [-0.15, -0.1) is 0 Å². The summed E-state index contributed by atoms with van der Waals surface area (Å²) < 4.78 is 0. The van der Waals surface area contributed by atoms with E-state index in [2.05, 4.69) is 11.4 Å². The fourth-order valence-electron chi connectivity index (χ4n) is 1.87. The van der Waals surface area contributed by atoms with Crippen LogP contribution in [0.25, 0.3) is 0 Å². The summed E-state index contributed by atoms with van der Waals surface area (Å²) in [6.07, 6.45) is 0. The second-order valence-electron chi connectivity index (χ2n) is 4.76. The molecule has 0 bridgehead atoms. The third kappa shape index (κ3) is 4.45. The van der Waals surface area contributed by atoms with E-state index in [0.29, 0.717) is 24.3 Å². The molecule has 1 rings (SSSR count). The molecule has 112 valence electrons. The van der Waals surface area contributed by atoms with Gasteiger partial charge in [0.15, 0.2) is 0 Å². The molecule has 21 heavy (non-hydrogen) atoms. The Balaban J connectivity index is 2.80. The van der Waals surface area contributed by atoms with Crippen LogP contribution in [0.2, 0.25) is 0 Å². The average Bonchev–Trinajstić information content (AvgIpc) is 2.43. The second kappa shape index (κ2) is 7.24. The van der Waals surface area contributed by atoms with Crippen molar-refractivity contribution in [1.29, 1.82) is 5.26 Å². The highest BCUT2D eigenvalue weighted by molar-refractivity contribution is 5.89. The van der Waals surface area contributed by atoms with E-state index in [1.54, 1.807) is 19.9 Å². The topological polar surface area (TPSA) is 99.3 Å². The molecule has 0 unspecified atom stereocenters. The van der Waals surface area contributed by atoms with Gasteiger partial charge in [0.2, 0.25) is 0 Å². The number of aryl methyl sites for hydroxylation is 1. The number of carbonyl (C=O) groups is 1. The number of rotatable bonds is 5. The van der Waals surface area contributed by atoms with E-state index < -0.39 is 4.92 Å². The minimum absolute atomic E-state index is 0.0125. The number of nitro benzene ring substituents is 1. The molecule has 0 radical (unpaired) electrons. The van der Waals surface area contributed by atoms with Crippen LogP contribution in [0.4, 0.5) is 16.2 Å². The largest absolute Gasteiger partial charge is 0.324 e. The summed E-state index contributed by atoms with van der Waals surface area (Å²) in [5, 5.41) is 22.2. The lowest BCUT2D eigenvalue weighted by Crippen LogP contribution is -2.37. The first-order chi connectivity index (χ1) is 9.88. The van der Waals surface area contributed by atoms with Gasteiger partial charge in [0.05, 0.1) is 16.9 Å². The Labute approximate surface area is 123 Å². The first kappa shape index (κ1) is 16.4. The maximum atomic E-state index is 12.1. The number of nitrogens with one attached hydrogen (secondary N) is 1. The van der Waals surface area contributed by atoms with Crippen LogP contribution in [0.3, 0.4) is 0 Å². The Morgan fingerprint density at radius 1 is 1.57 bits per heavy atom. The first-order valence-corrected chi connectivity index (χ1v) is 6.59. The lowest BCUT2D eigenvalue weighted by atomic mass is 10.2. The number of carbonyl (C=O) groups excluding carboxylic acids is 1. The van der Waals surface area contributed by atoms with Crippen LogP contribution in [0.1, 0.15) is 19.4 Å². The Bertz CT molecular complexity index is 580. The predicted molar refractivity (Wildman–Crippen MR) is 78.9 cm³/mol. The molecule has 2 amide bonds. The fraction of sp³-hybridized carbons (Fsp3) is 0.429. The number of benzene rings is 1. The third-order valence-electron chi connectivity index (χ3n) is 3.03. The molecule has 7 nitrogen and oxygen atoms in total. The molecule has 1 N–H and O–H groups in total. The Kier molecular flexibility index (Phi) is 5.67. The van der Waals surface area contributed by atoms with E-state index in [1.807, 2.05) is 6.92 Å². The molecule has 0 aliphatic heterocycles. The summed E-state index contributed by atoms with van der Waals surface area (Å²) in [6.45, 7) is 5.99. The van der Waals surface area contributed by atoms with E-state index in [0.717, 1.165) is 0 Å². The molecule has 0 aromatic heterocycles. The zero-order valence-corrected chi connectivity index (χ0v) is 12.3. The van der Waals surface area contributed by atoms with Gasteiger partial charge in [0.25, 0.3) is 5.69 Å². The molecule has 0 spiro atoms. The van der Waals surface area contributed by atoms with Gasteiger partial charge in [-0.05, 0) is 32.9 Å². The van der Waals surface area contributed by atoms with Crippen molar-refractivity contribution in [3.05, 3.63) is 33.9 Å². The molecule has 0 fully saturated rings. The fourth-order valence-corrected chi connectivity index (χ4v) is 1.87. The highest BCUT2D eigenvalue weighted by Gasteiger charge is 2.16. The molecule has 1 aromatic rings. The van der Waals surface area contributed by atoms with Crippen molar-refractivity contribution in [2.75, 3.05) is 18.4 Å². The van der Waals surface area contributed by atoms with Crippen molar-refractivity contribution >= 4 is 17.4 Å². The molecule has 0 saturated carbocycles. The van der Waals surface area contributed by atoms with Gasteiger partial charge in [-0.2, -0.15) is 5.26 Å². The Hall–Kier alpha value is -2.62. The number of anilines is 1. The number of nitrogens with zero attached hydrogens (tertiary/aromatic N) is 3. The van der Waals surface area contributed by atoms with Crippen molar-refractivity contribution < 1.29 is 9.72 Å². The highest BCUT2D eigenvalue weighted by Crippen LogP contribution is 2.21. The normalized spacial score (nSPS) is 11.3. The second-order valence-corrected chi connectivity index (χ2v) is 4.76. The summed E-state index contributed by atoms with van der Waals surface area (Å²) in [5.74, 6) is -0.255. The zero-order chi connectivity index (χ0) is 16.0. The van der Waals surface area contributed by atoms with Gasteiger partial charge in [0.1, 0.15) is 0 Å². The first-order valence-electron chi connectivity index (χ1n) is 6.59. The lowest BCUT2D eigenvalue weighted by molar-refractivity contribution is -0.385. The molecular weight excluding hydrogens is 272 g/mol. The number of hydrogen-bond donors (Lipinski definition) is 1. The van der Waals surface area contributed by atoms with Crippen LogP contribution in [-0.2, 0) is 0 Å².